The average molecular weight is 537 g/mol. The van der Waals surface area contributed by atoms with Crippen LogP contribution in [-0.2, 0) is 20.7 Å². The van der Waals surface area contributed by atoms with Crippen LogP contribution in [0, 0.1) is 0 Å². The van der Waals surface area contributed by atoms with Crippen molar-refractivity contribution in [2.45, 2.75) is 31.7 Å². The van der Waals surface area contributed by atoms with Crippen molar-refractivity contribution in [3.63, 3.8) is 0 Å². The third kappa shape index (κ3) is 5.54. The number of aliphatic carboxylic acids is 1. The van der Waals surface area contributed by atoms with Crippen molar-refractivity contribution in [2.75, 3.05) is 11.9 Å². The summed E-state index contributed by atoms with van der Waals surface area (Å²) in [7, 11) is 0. The van der Waals surface area contributed by atoms with Gasteiger partial charge >= 0.3 is 12.1 Å². The molecule has 0 saturated heterocycles. The van der Waals surface area contributed by atoms with E-state index in [0.717, 1.165) is 32.3 Å². The molecule has 1 unspecified atom stereocenters. The number of alkyl carbamates (subject to hydrolysis) is 1. The van der Waals surface area contributed by atoms with Gasteiger partial charge in [-0.15, -0.1) is 0 Å². The number of anilines is 1. The van der Waals surface area contributed by atoms with E-state index in [0.29, 0.717) is 12.1 Å². The Morgan fingerprint density at radius 2 is 1.63 bits per heavy atom. The summed E-state index contributed by atoms with van der Waals surface area (Å²) in [6, 6.07) is 20.0. The highest BCUT2D eigenvalue weighted by atomic mass is 79.9. The number of carboxylic acid groups (broad SMARTS) is 1. The van der Waals surface area contributed by atoms with Crippen LogP contribution in [0.15, 0.2) is 71.2 Å². The molecule has 0 radical (unpaired) electrons. The maximum atomic E-state index is 12.9. The van der Waals surface area contributed by atoms with Crippen LogP contribution < -0.4 is 10.6 Å². The Kier molecular flexibility index (Phi) is 7.51. The zero-order valence-corrected chi connectivity index (χ0v) is 20.7. The molecule has 4 rings (SSSR count). The second-order valence-electron chi connectivity index (χ2n) is 8.26. The van der Waals surface area contributed by atoms with Crippen molar-refractivity contribution in [1.29, 1.82) is 0 Å². The largest absolute Gasteiger partial charge is 0.481 e. The first-order valence-electron chi connectivity index (χ1n) is 11.3. The summed E-state index contributed by atoms with van der Waals surface area (Å²) in [5.41, 5.74) is 5.75. The van der Waals surface area contributed by atoms with E-state index in [4.69, 9.17) is 4.74 Å². The van der Waals surface area contributed by atoms with E-state index in [1.54, 1.807) is 12.1 Å². The minimum atomic E-state index is -1.29. The molecule has 180 valence electrons. The van der Waals surface area contributed by atoms with E-state index >= 15 is 0 Å². The zero-order chi connectivity index (χ0) is 24.9. The highest BCUT2D eigenvalue weighted by Crippen LogP contribution is 2.44. The third-order valence-corrected chi connectivity index (χ3v) is 6.53. The van der Waals surface area contributed by atoms with Crippen molar-refractivity contribution in [1.82, 2.24) is 5.32 Å². The van der Waals surface area contributed by atoms with Gasteiger partial charge in [-0.05, 0) is 52.4 Å². The smallest absolute Gasteiger partial charge is 0.407 e. The molecule has 0 saturated carbocycles. The Labute approximate surface area is 211 Å². The first kappa shape index (κ1) is 24.5. The lowest BCUT2D eigenvalue weighted by molar-refractivity contribution is -0.139. The summed E-state index contributed by atoms with van der Waals surface area (Å²) in [5, 5.41) is 14.4. The molecule has 8 heteroatoms. The van der Waals surface area contributed by atoms with E-state index in [1.807, 2.05) is 61.5 Å². The van der Waals surface area contributed by atoms with Crippen LogP contribution in [0.1, 0.15) is 36.0 Å². The minimum absolute atomic E-state index is 0.0635. The molecule has 1 atom stereocenters. The lowest BCUT2D eigenvalue weighted by atomic mass is 9.98. The normalized spacial score (nSPS) is 12.9. The molecule has 35 heavy (non-hydrogen) atoms. The van der Waals surface area contributed by atoms with Gasteiger partial charge in [-0.3, -0.25) is 9.59 Å². The number of carbonyl (C=O) groups is 3. The monoisotopic (exact) mass is 536 g/mol. The van der Waals surface area contributed by atoms with Gasteiger partial charge in [0.15, 0.2) is 0 Å². The van der Waals surface area contributed by atoms with E-state index in [9.17, 15) is 19.5 Å². The Hall–Kier alpha value is -3.65. The van der Waals surface area contributed by atoms with Crippen LogP contribution in [-0.4, -0.2) is 35.7 Å². The number of rotatable bonds is 8. The Balaban J connectivity index is 1.44. The first-order chi connectivity index (χ1) is 16.9. The second kappa shape index (κ2) is 10.7. The number of nitrogens with one attached hydrogen (secondary N) is 2. The summed E-state index contributed by atoms with van der Waals surface area (Å²) >= 11 is 3.40. The Morgan fingerprint density at radius 1 is 1.00 bits per heavy atom. The summed E-state index contributed by atoms with van der Waals surface area (Å²) in [4.78, 5) is 36.9. The van der Waals surface area contributed by atoms with Gasteiger partial charge in [0.05, 0.1) is 6.42 Å². The topological polar surface area (TPSA) is 105 Å². The fourth-order valence-corrected chi connectivity index (χ4v) is 4.77. The van der Waals surface area contributed by atoms with Crippen LogP contribution in [0.25, 0.3) is 11.1 Å². The summed E-state index contributed by atoms with van der Waals surface area (Å²) in [5.74, 6) is -1.98. The van der Waals surface area contributed by atoms with Gasteiger partial charge < -0.3 is 20.5 Å². The van der Waals surface area contributed by atoms with Gasteiger partial charge in [-0.25, -0.2) is 4.79 Å². The fourth-order valence-electron chi connectivity index (χ4n) is 4.36. The molecular formula is C27H25BrN2O5. The van der Waals surface area contributed by atoms with E-state index < -0.39 is 30.4 Å². The standard InChI is InChI=1S/C27H25BrN2O5/c1-2-16-13-17(28)11-12-23(16)29-26(33)24(14-25(31)32)30-27(34)35-15-22-20-9-5-3-7-18(20)19-8-4-6-10-21(19)22/h3-13,22,24H,2,14-15H2,1H3,(H,29,33)(H,30,34)(H,31,32). The average Bonchev–Trinajstić information content (AvgIpc) is 3.16. The zero-order valence-electron chi connectivity index (χ0n) is 19.1. The number of benzene rings is 3. The van der Waals surface area contributed by atoms with Crippen molar-refractivity contribution in [3.8, 4) is 11.1 Å². The minimum Gasteiger partial charge on any atom is -0.481 e. The number of hydrogen-bond acceptors (Lipinski definition) is 4. The number of ether oxygens (including phenoxy) is 1. The number of hydrogen-bond donors (Lipinski definition) is 3. The molecule has 3 N–H and O–H groups in total. The summed E-state index contributed by atoms with van der Waals surface area (Å²) < 4.78 is 6.35. The molecule has 7 nitrogen and oxygen atoms in total. The van der Waals surface area contributed by atoms with Crippen molar-refractivity contribution in [3.05, 3.63) is 87.9 Å². The van der Waals surface area contributed by atoms with E-state index in [1.165, 1.54) is 0 Å². The lowest BCUT2D eigenvalue weighted by Crippen LogP contribution is -2.45. The number of fused-ring (bicyclic) bond motifs is 3. The third-order valence-electron chi connectivity index (χ3n) is 6.04. The van der Waals surface area contributed by atoms with E-state index in [2.05, 4.69) is 26.6 Å². The van der Waals surface area contributed by atoms with Crippen LogP contribution in [0.5, 0.6) is 0 Å². The molecule has 0 fully saturated rings. The highest BCUT2D eigenvalue weighted by molar-refractivity contribution is 9.10. The SMILES string of the molecule is CCc1cc(Br)ccc1NC(=O)C(CC(=O)O)NC(=O)OCC1c2ccccc2-c2ccccc21. The predicted molar refractivity (Wildman–Crippen MR) is 136 cm³/mol. The first-order valence-corrected chi connectivity index (χ1v) is 12.1. The maximum Gasteiger partial charge on any atom is 0.407 e. The molecule has 3 aromatic rings. The van der Waals surface area contributed by atoms with Gasteiger partial charge in [0.2, 0.25) is 5.91 Å². The van der Waals surface area contributed by atoms with E-state index in [-0.39, 0.29) is 12.5 Å². The van der Waals surface area contributed by atoms with Crippen molar-refractivity contribution < 1.29 is 24.2 Å². The Morgan fingerprint density at radius 3 is 2.23 bits per heavy atom. The van der Waals surface area contributed by atoms with Gasteiger partial charge in [0.1, 0.15) is 12.6 Å². The molecule has 0 aliphatic heterocycles. The number of aryl methyl sites for hydroxylation is 1. The molecule has 0 heterocycles. The van der Waals surface area contributed by atoms with Crippen LogP contribution in [0.2, 0.25) is 0 Å². The Bertz CT molecular complexity index is 1230. The van der Waals surface area contributed by atoms with Crippen LogP contribution in [0.4, 0.5) is 10.5 Å². The van der Waals surface area contributed by atoms with Gasteiger partial charge in [0, 0.05) is 16.1 Å². The van der Waals surface area contributed by atoms with Crippen molar-refractivity contribution in [2.24, 2.45) is 0 Å². The molecule has 1 aliphatic carbocycles. The summed E-state index contributed by atoms with van der Waals surface area (Å²) in [6.07, 6.45) is -0.758. The molecule has 0 bridgehead atoms. The van der Waals surface area contributed by atoms with Gasteiger partial charge in [-0.1, -0.05) is 71.4 Å². The molecule has 0 spiro atoms. The predicted octanol–water partition coefficient (Wildman–Crippen LogP) is 5.33. The lowest BCUT2D eigenvalue weighted by Gasteiger charge is -2.19. The molecular weight excluding hydrogens is 512 g/mol. The van der Waals surface area contributed by atoms with Gasteiger partial charge in [-0.2, -0.15) is 0 Å². The number of amides is 2. The quantitative estimate of drug-likeness (QED) is 0.360. The highest BCUT2D eigenvalue weighted by Gasteiger charge is 2.30. The molecule has 1 aliphatic rings. The maximum absolute atomic E-state index is 12.9. The van der Waals surface area contributed by atoms with Crippen LogP contribution >= 0.6 is 15.9 Å². The van der Waals surface area contributed by atoms with Crippen molar-refractivity contribution >= 4 is 39.6 Å². The summed E-state index contributed by atoms with van der Waals surface area (Å²) in [6.45, 7) is 2.01. The fraction of sp³-hybridized carbons (Fsp3) is 0.222. The second-order valence-corrected chi connectivity index (χ2v) is 9.18. The number of carbonyl (C=O) groups excluding carboxylic acids is 2. The van der Waals surface area contributed by atoms with Crippen LogP contribution in [0.3, 0.4) is 0 Å². The van der Waals surface area contributed by atoms with Gasteiger partial charge in [0.25, 0.3) is 0 Å². The molecule has 2 amide bonds. The number of carboxylic acids is 1. The molecule has 3 aromatic carbocycles. The number of halogens is 1. The molecule has 0 aromatic heterocycles.